The van der Waals surface area contributed by atoms with Gasteiger partial charge >= 0.3 is 6.36 Å². The third-order valence-electron chi connectivity index (χ3n) is 3.68. The zero-order valence-corrected chi connectivity index (χ0v) is 15.5. The lowest BCUT2D eigenvalue weighted by Crippen LogP contribution is -2.28. The van der Waals surface area contributed by atoms with Crippen LogP contribution in [0.1, 0.15) is 10.4 Å². The van der Waals surface area contributed by atoms with Crippen molar-refractivity contribution in [3.63, 3.8) is 0 Å². The van der Waals surface area contributed by atoms with Crippen LogP contribution in [0.2, 0.25) is 0 Å². The molecule has 3 rings (SSSR count). The smallest absolute Gasteiger partial charge is 0.406 e. The Morgan fingerprint density at radius 1 is 0.900 bits per heavy atom. The van der Waals surface area contributed by atoms with Gasteiger partial charge in [-0.1, -0.05) is 0 Å². The molecule has 3 N–H and O–H groups in total. The van der Waals surface area contributed by atoms with Crippen molar-refractivity contribution in [2.75, 3.05) is 23.7 Å². The fourth-order valence-corrected chi connectivity index (χ4v) is 2.35. The average Bonchev–Trinajstić information content (AvgIpc) is 2.72. The monoisotopic (exact) mass is 418 g/mol. The summed E-state index contributed by atoms with van der Waals surface area (Å²) in [7, 11) is 0. The Balaban J connectivity index is 1.40. The molecule has 0 saturated carbocycles. The highest BCUT2D eigenvalue weighted by Crippen LogP contribution is 2.22. The molecule has 0 unspecified atom stereocenters. The standard InChI is InChI=1S/C19H17F3N6O2/c20-19(21,22)30-15-3-1-13(2-4-15)18(29)25-12-11-24-16-5-6-17(28-27-16)26-14-7-9-23-10-8-14/h1-10H,11-12H2,(H,24,27)(H,25,29)(H,23,26,28). The van der Waals surface area contributed by atoms with Crippen molar-refractivity contribution >= 4 is 23.2 Å². The van der Waals surface area contributed by atoms with E-state index in [0.717, 1.165) is 17.8 Å². The lowest BCUT2D eigenvalue weighted by atomic mass is 10.2. The molecule has 0 aliphatic carbocycles. The van der Waals surface area contributed by atoms with Crippen molar-refractivity contribution in [3.8, 4) is 5.75 Å². The minimum Gasteiger partial charge on any atom is -0.406 e. The summed E-state index contributed by atoms with van der Waals surface area (Å²) in [5.74, 6) is 0.288. The summed E-state index contributed by atoms with van der Waals surface area (Å²) in [6.07, 6.45) is -1.46. The molecule has 0 bridgehead atoms. The Morgan fingerprint density at radius 3 is 2.20 bits per heavy atom. The Morgan fingerprint density at radius 2 is 1.57 bits per heavy atom. The van der Waals surface area contributed by atoms with Crippen molar-refractivity contribution in [2.24, 2.45) is 0 Å². The van der Waals surface area contributed by atoms with E-state index in [1.54, 1.807) is 36.7 Å². The van der Waals surface area contributed by atoms with Gasteiger partial charge in [0.05, 0.1) is 0 Å². The van der Waals surface area contributed by atoms with Crippen LogP contribution in [0.4, 0.5) is 30.5 Å². The van der Waals surface area contributed by atoms with Crippen LogP contribution >= 0.6 is 0 Å². The molecule has 2 heterocycles. The molecule has 156 valence electrons. The van der Waals surface area contributed by atoms with Gasteiger partial charge in [-0.3, -0.25) is 9.78 Å². The highest BCUT2D eigenvalue weighted by molar-refractivity contribution is 5.94. The molecule has 1 amide bonds. The maximum absolute atomic E-state index is 12.1. The van der Waals surface area contributed by atoms with Gasteiger partial charge in [-0.25, -0.2) is 0 Å². The summed E-state index contributed by atoms with van der Waals surface area (Å²) in [5.41, 5.74) is 1.05. The molecule has 8 nitrogen and oxygen atoms in total. The second-order valence-electron chi connectivity index (χ2n) is 5.92. The fraction of sp³-hybridized carbons (Fsp3) is 0.158. The van der Waals surface area contributed by atoms with Crippen molar-refractivity contribution in [1.29, 1.82) is 0 Å². The van der Waals surface area contributed by atoms with E-state index in [4.69, 9.17) is 0 Å². The van der Waals surface area contributed by atoms with Crippen LogP contribution in [0.3, 0.4) is 0 Å². The van der Waals surface area contributed by atoms with Crippen molar-refractivity contribution in [1.82, 2.24) is 20.5 Å². The van der Waals surface area contributed by atoms with Crippen LogP contribution in [-0.4, -0.2) is 40.5 Å². The number of anilines is 3. The Kier molecular flexibility index (Phi) is 6.63. The van der Waals surface area contributed by atoms with Crippen LogP contribution < -0.4 is 20.7 Å². The number of hydrogen-bond donors (Lipinski definition) is 3. The topological polar surface area (TPSA) is 101 Å². The van der Waals surface area contributed by atoms with Gasteiger partial charge in [0.2, 0.25) is 0 Å². The van der Waals surface area contributed by atoms with E-state index < -0.39 is 12.3 Å². The Bertz CT molecular complexity index is 951. The van der Waals surface area contributed by atoms with Crippen molar-refractivity contribution in [2.45, 2.75) is 6.36 Å². The summed E-state index contributed by atoms with van der Waals surface area (Å²) in [6.45, 7) is 0.658. The molecular weight excluding hydrogens is 401 g/mol. The third kappa shape index (κ3) is 6.62. The van der Waals surface area contributed by atoms with E-state index in [2.05, 4.69) is 35.9 Å². The number of carbonyl (C=O) groups excluding carboxylic acids is 1. The quantitative estimate of drug-likeness (QED) is 0.482. The van der Waals surface area contributed by atoms with Crippen molar-refractivity contribution < 1.29 is 22.7 Å². The normalized spacial score (nSPS) is 10.9. The number of rotatable bonds is 8. The van der Waals surface area contributed by atoms with Crippen LogP contribution in [0.25, 0.3) is 0 Å². The maximum Gasteiger partial charge on any atom is 0.573 e. The first kappa shape index (κ1) is 20.8. The van der Waals surface area contributed by atoms with E-state index in [0.29, 0.717) is 18.2 Å². The van der Waals surface area contributed by atoms with Crippen LogP contribution in [-0.2, 0) is 0 Å². The van der Waals surface area contributed by atoms with Gasteiger partial charge in [0, 0.05) is 36.7 Å². The summed E-state index contributed by atoms with van der Waals surface area (Å²) >= 11 is 0. The lowest BCUT2D eigenvalue weighted by molar-refractivity contribution is -0.274. The van der Waals surface area contributed by atoms with Crippen LogP contribution in [0.5, 0.6) is 5.75 Å². The summed E-state index contributed by atoms with van der Waals surface area (Å²) < 4.78 is 40.2. The second-order valence-corrected chi connectivity index (χ2v) is 5.92. The van der Waals surface area contributed by atoms with Gasteiger partial charge < -0.3 is 20.7 Å². The minimum atomic E-state index is -4.77. The SMILES string of the molecule is O=C(NCCNc1ccc(Nc2ccncc2)nn1)c1ccc(OC(F)(F)F)cc1. The fourth-order valence-electron chi connectivity index (χ4n) is 2.35. The van der Waals surface area contributed by atoms with E-state index in [-0.39, 0.29) is 17.9 Å². The summed E-state index contributed by atoms with van der Waals surface area (Å²) in [6, 6.07) is 11.8. The number of amides is 1. The van der Waals surface area contributed by atoms with Gasteiger partial charge in [0.25, 0.3) is 5.91 Å². The molecule has 0 fully saturated rings. The molecule has 2 aromatic heterocycles. The molecular formula is C19H17F3N6O2. The molecule has 0 atom stereocenters. The number of alkyl halides is 3. The van der Waals surface area contributed by atoms with Gasteiger partial charge in [-0.2, -0.15) is 0 Å². The molecule has 0 spiro atoms. The molecule has 11 heteroatoms. The molecule has 0 aliphatic rings. The number of aromatic nitrogens is 3. The maximum atomic E-state index is 12.1. The van der Waals surface area contributed by atoms with E-state index >= 15 is 0 Å². The molecule has 0 saturated heterocycles. The molecule has 30 heavy (non-hydrogen) atoms. The number of pyridine rings is 1. The molecule has 0 radical (unpaired) electrons. The largest absolute Gasteiger partial charge is 0.573 e. The highest BCUT2D eigenvalue weighted by Gasteiger charge is 2.31. The third-order valence-corrected chi connectivity index (χ3v) is 3.68. The number of hydrogen-bond acceptors (Lipinski definition) is 7. The van der Waals surface area contributed by atoms with E-state index in [1.165, 1.54) is 12.1 Å². The zero-order chi connectivity index (χ0) is 21.4. The number of halogens is 3. The van der Waals surface area contributed by atoms with E-state index in [1.807, 2.05) is 0 Å². The average molecular weight is 418 g/mol. The van der Waals surface area contributed by atoms with E-state index in [9.17, 15) is 18.0 Å². The van der Waals surface area contributed by atoms with Gasteiger partial charge in [0.1, 0.15) is 11.6 Å². The molecule has 1 aromatic carbocycles. The highest BCUT2D eigenvalue weighted by atomic mass is 19.4. The number of ether oxygens (including phenoxy) is 1. The van der Waals surface area contributed by atoms with Gasteiger partial charge in [-0.15, -0.1) is 23.4 Å². The van der Waals surface area contributed by atoms with Crippen molar-refractivity contribution in [3.05, 3.63) is 66.5 Å². The number of benzene rings is 1. The first-order valence-electron chi connectivity index (χ1n) is 8.78. The first-order chi connectivity index (χ1) is 14.4. The summed E-state index contributed by atoms with van der Waals surface area (Å²) in [4.78, 5) is 16.0. The van der Waals surface area contributed by atoms with Gasteiger partial charge in [0.15, 0.2) is 5.82 Å². The van der Waals surface area contributed by atoms with Crippen LogP contribution in [0, 0.1) is 0 Å². The lowest BCUT2D eigenvalue weighted by Gasteiger charge is -2.10. The number of nitrogens with zero attached hydrogens (tertiary/aromatic N) is 3. The summed E-state index contributed by atoms with van der Waals surface area (Å²) in [5, 5.41) is 16.8. The zero-order valence-electron chi connectivity index (χ0n) is 15.5. The predicted octanol–water partition coefficient (Wildman–Crippen LogP) is 3.36. The first-order valence-corrected chi connectivity index (χ1v) is 8.78. The number of nitrogens with one attached hydrogen (secondary N) is 3. The Hall–Kier alpha value is -3.89. The number of carbonyl (C=O) groups is 1. The van der Waals surface area contributed by atoms with Crippen LogP contribution in [0.15, 0.2) is 60.9 Å². The molecule has 0 aliphatic heterocycles. The predicted molar refractivity (Wildman–Crippen MR) is 103 cm³/mol. The minimum absolute atomic E-state index is 0.218. The Labute approximate surface area is 169 Å². The van der Waals surface area contributed by atoms with Gasteiger partial charge in [-0.05, 0) is 48.5 Å². The molecule has 3 aromatic rings. The second kappa shape index (κ2) is 9.54.